The van der Waals surface area contributed by atoms with E-state index >= 15 is 0 Å². The van der Waals surface area contributed by atoms with Gasteiger partial charge < -0.3 is 4.74 Å². The quantitative estimate of drug-likeness (QED) is 0.455. The normalized spacial score (nSPS) is 12.5. The number of nitrogens with zero attached hydrogens (tertiary/aromatic N) is 1. The van der Waals surface area contributed by atoms with E-state index in [0.29, 0.717) is 12.5 Å². The SMILES string of the molecule is CC(C)C(CBr)COc1cc(F)ccc1[N+](=O)[O-]. The predicted octanol–water partition coefficient (Wildman–Crippen LogP) is 3.78. The summed E-state index contributed by atoms with van der Waals surface area (Å²) >= 11 is 3.36. The maximum atomic E-state index is 13.1. The second-order valence-corrected chi connectivity index (χ2v) is 4.99. The van der Waals surface area contributed by atoms with Crippen molar-refractivity contribution in [2.45, 2.75) is 13.8 Å². The van der Waals surface area contributed by atoms with Crippen LogP contribution in [0.2, 0.25) is 0 Å². The molecule has 0 heterocycles. The summed E-state index contributed by atoms with van der Waals surface area (Å²) in [7, 11) is 0. The highest BCUT2D eigenvalue weighted by Gasteiger charge is 2.19. The van der Waals surface area contributed by atoms with Crippen LogP contribution in [0.4, 0.5) is 10.1 Å². The van der Waals surface area contributed by atoms with Gasteiger partial charge in [0.05, 0.1) is 11.5 Å². The molecule has 18 heavy (non-hydrogen) atoms. The van der Waals surface area contributed by atoms with Gasteiger partial charge in [0.25, 0.3) is 0 Å². The third-order valence-corrected chi connectivity index (χ3v) is 3.54. The van der Waals surface area contributed by atoms with Gasteiger partial charge in [0, 0.05) is 23.4 Å². The monoisotopic (exact) mass is 319 g/mol. The van der Waals surface area contributed by atoms with E-state index in [2.05, 4.69) is 15.9 Å². The molecule has 1 unspecified atom stereocenters. The number of nitro groups is 1. The van der Waals surface area contributed by atoms with E-state index in [1.807, 2.05) is 13.8 Å². The van der Waals surface area contributed by atoms with Crippen LogP contribution in [0.25, 0.3) is 0 Å². The Kier molecular flexibility index (Phi) is 5.53. The van der Waals surface area contributed by atoms with E-state index in [-0.39, 0.29) is 17.4 Å². The second kappa shape index (κ2) is 6.68. The molecule has 1 aromatic rings. The second-order valence-electron chi connectivity index (χ2n) is 4.34. The van der Waals surface area contributed by atoms with Gasteiger partial charge in [-0.1, -0.05) is 29.8 Å². The van der Waals surface area contributed by atoms with Crippen molar-refractivity contribution in [3.63, 3.8) is 0 Å². The van der Waals surface area contributed by atoms with E-state index in [4.69, 9.17) is 4.74 Å². The van der Waals surface area contributed by atoms with Crippen molar-refractivity contribution in [2.24, 2.45) is 11.8 Å². The minimum Gasteiger partial charge on any atom is -0.486 e. The van der Waals surface area contributed by atoms with Gasteiger partial charge >= 0.3 is 5.69 Å². The third kappa shape index (κ3) is 3.94. The van der Waals surface area contributed by atoms with Crippen LogP contribution >= 0.6 is 15.9 Å². The number of alkyl halides is 1. The molecule has 0 aromatic heterocycles. The summed E-state index contributed by atoms with van der Waals surface area (Å²) in [6, 6.07) is 3.21. The average molecular weight is 320 g/mol. The summed E-state index contributed by atoms with van der Waals surface area (Å²) in [6.45, 7) is 4.39. The van der Waals surface area contributed by atoms with Crippen molar-refractivity contribution < 1.29 is 14.1 Å². The Morgan fingerprint density at radius 3 is 2.67 bits per heavy atom. The highest BCUT2D eigenvalue weighted by molar-refractivity contribution is 9.09. The first-order chi connectivity index (χ1) is 8.45. The number of benzene rings is 1. The van der Waals surface area contributed by atoms with E-state index in [9.17, 15) is 14.5 Å². The molecule has 0 aliphatic heterocycles. The standard InChI is InChI=1S/C12H15BrFNO3/c1-8(2)9(6-13)7-18-12-5-10(14)3-4-11(12)15(16)17/h3-5,8-9H,6-7H2,1-2H3. The zero-order valence-electron chi connectivity index (χ0n) is 10.2. The molecule has 0 fully saturated rings. The van der Waals surface area contributed by atoms with Crippen molar-refractivity contribution in [1.29, 1.82) is 0 Å². The van der Waals surface area contributed by atoms with E-state index in [0.717, 1.165) is 23.5 Å². The number of hydrogen-bond acceptors (Lipinski definition) is 3. The minimum atomic E-state index is -0.576. The lowest BCUT2D eigenvalue weighted by molar-refractivity contribution is -0.386. The van der Waals surface area contributed by atoms with Crippen molar-refractivity contribution >= 4 is 21.6 Å². The van der Waals surface area contributed by atoms with Gasteiger partial charge in [-0.3, -0.25) is 10.1 Å². The Labute approximate surface area is 113 Å². The molecule has 6 heteroatoms. The van der Waals surface area contributed by atoms with Gasteiger partial charge in [-0.25, -0.2) is 4.39 Å². The fourth-order valence-electron chi connectivity index (χ4n) is 1.37. The van der Waals surface area contributed by atoms with E-state index < -0.39 is 10.7 Å². The highest BCUT2D eigenvalue weighted by Crippen LogP contribution is 2.28. The maximum Gasteiger partial charge on any atom is 0.311 e. The molecule has 0 aliphatic rings. The zero-order chi connectivity index (χ0) is 13.7. The summed E-state index contributed by atoms with van der Waals surface area (Å²) in [5, 5.41) is 11.5. The summed E-state index contributed by atoms with van der Waals surface area (Å²) < 4.78 is 18.4. The predicted molar refractivity (Wildman–Crippen MR) is 70.7 cm³/mol. The molecule has 100 valence electrons. The molecule has 0 spiro atoms. The number of hydrogen-bond donors (Lipinski definition) is 0. The Morgan fingerprint density at radius 2 is 2.17 bits per heavy atom. The first-order valence-electron chi connectivity index (χ1n) is 5.58. The zero-order valence-corrected chi connectivity index (χ0v) is 11.8. The van der Waals surface area contributed by atoms with Gasteiger partial charge in [0.15, 0.2) is 5.75 Å². The van der Waals surface area contributed by atoms with Crippen molar-refractivity contribution in [1.82, 2.24) is 0 Å². The summed E-state index contributed by atoms with van der Waals surface area (Å²) in [5.74, 6) is 0.0204. The molecule has 1 atom stereocenters. The molecule has 0 bridgehead atoms. The van der Waals surface area contributed by atoms with Gasteiger partial charge in [-0.15, -0.1) is 0 Å². The molecular weight excluding hydrogens is 305 g/mol. The number of rotatable bonds is 6. The summed E-state index contributed by atoms with van der Waals surface area (Å²) in [4.78, 5) is 10.2. The molecule has 1 rings (SSSR count). The van der Waals surface area contributed by atoms with Crippen LogP contribution in [0.3, 0.4) is 0 Å². The Hall–Kier alpha value is -1.17. The van der Waals surface area contributed by atoms with E-state index in [1.165, 1.54) is 0 Å². The van der Waals surface area contributed by atoms with E-state index in [1.54, 1.807) is 0 Å². The topological polar surface area (TPSA) is 52.4 Å². The van der Waals surface area contributed by atoms with Crippen LogP contribution in [-0.2, 0) is 0 Å². The van der Waals surface area contributed by atoms with Gasteiger partial charge in [-0.2, -0.15) is 0 Å². The first kappa shape index (κ1) is 14.9. The van der Waals surface area contributed by atoms with Gasteiger partial charge in [-0.05, 0) is 12.0 Å². The largest absolute Gasteiger partial charge is 0.486 e. The summed E-state index contributed by atoms with van der Waals surface area (Å²) in [5.41, 5.74) is -0.214. The lowest BCUT2D eigenvalue weighted by atomic mass is 9.99. The smallest absolute Gasteiger partial charge is 0.311 e. The molecule has 0 aliphatic carbocycles. The van der Waals surface area contributed by atoms with Gasteiger partial charge in [0.2, 0.25) is 0 Å². The lowest BCUT2D eigenvalue weighted by Gasteiger charge is -2.18. The van der Waals surface area contributed by atoms with Gasteiger partial charge in [0.1, 0.15) is 5.82 Å². The first-order valence-corrected chi connectivity index (χ1v) is 6.70. The molecule has 4 nitrogen and oxygen atoms in total. The molecule has 0 radical (unpaired) electrons. The number of halogens is 2. The van der Waals surface area contributed by atoms with Crippen molar-refractivity contribution in [2.75, 3.05) is 11.9 Å². The molecule has 1 aromatic carbocycles. The lowest BCUT2D eigenvalue weighted by Crippen LogP contribution is -2.19. The van der Waals surface area contributed by atoms with Crippen LogP contribution in [-0.4, -0.2) is 16.9 Å². The van der Waals surface area contributed by atoms with Crippen LogP contribution in [0.15, 0.2) is 18.2 Å². The Morgan fingerprint density at radius 1 is 1.50 bits per heavy atom. The van der Waals surface area contributed by atoms with Crippen LogP contribution < -0.4 is 4.74 Å². The molecular formula is C12H15BrFNO3. The van der Waals surface area contributed by atoms with Crippen LogP contribution in [0, 0.1) is 27.8 Å². The molecule has 0 saturated carbocycles. The fraction of sp³-hybridized carbons (Fsp3) is 0.500. The molecule has 0 amide bonds. The Balaban J connectivity index is 2.83. The summed E-state index contributed by atoms with van der Waals surface area (Å²) in [6.07, 6.45) is 0. The number of ether oxygens (including phenoxy) is 1. The van der Waals surface area contributed by atoms with Crippen molar-refractivity contribution in [3.05, 3.63) is 34.1 Å². The van der Waals surface area contributed by atoms with Crippen molar-refractivity contribution in [3.8, 4) is 5.75 Å². The molecule has 0 saturated heterocycles. The maximum absolute atomic E-state index is 13.1. The number of nitro benzene ring substituents is 1. The Bertz CT molecular complexity index is 426. The van der Waals surface area contributed by atoms with Crippen LogP contribution in [0.1, 0.15) is 13.8 Å². The molecule has 0 N–H and O–H groups in total. The third-order valence-electron chi connectivity index (χ3n) is 2.71. The fourth-order valence-corrected chi connectivity index (χ4v) is 2.30. The average Bonchev–Trinajstić information content (AvgIpc) is 2.29. The minimum absolute atomic E-state index is 0.0217. The highest BCUT2D eigenvalue weighted by atomic mass is 79.9. The van der Waals surface area contributed by atoms with Crippen LogP contribution in [0.5, 0.6) is 5.75 Å².